The van der Waals surface area contributed by atoms with E-state index in [4.69, 9.17) is 0 Å². The SMILES string of the molecule is CC(C)CC(CO)NC(=O)c1ccc2c(c1)CCCC2. The molecule has 1 aliphatic rings. The maximum atomic E-state index is 12.3. The second kappa shape index (κ2) is 6.89. The second-order valence-electron chi connectivity index (χ2n) is 6.17. The molecule has 1 aromatic rings. The number of aliphatic hydroxyl groups excluding tert-OH is 1. The van der Waals surface area contributed by atoms with Gasteiger partial charge in [-0.05, 0) is 61.3 Å². The molecule has 2 rings (SSSR count). The summed E-state index contributed by atoms with van der Waals surface area (Å²) in [5, 5.41) is 12.3. The van der Waals surface area contributed by atoms with Gasteiger partial charge < -0.3 is 10.4 Å². The Morgan fingerprint density at radius 1 is 1.25 bits per heavy atom. The average molecular weight is 275 g/mol. The third-order valence-corrected chi connectivity index (χ3v) is 3.92. The van der Waals surface area contributed by atoms with Crippen molar-refractivity contribution in [3.8, 4) is 0 Å². The number of aryl methyl sites for hydroxylation is 2. The number of aliphatic hydroxyl groups is 1. The van der Waals surface area contributed by atoms with E-state index >= 15 is 0 Å². The average Bonchev–Trinajstić information content (AvgIpc) is 2.45. The van der Waals surface area contributed by atoms with Crippen molar-refractivity contribution >= 4 is 5.91 Å². The lowest BCUT2D eigenvalue weighted by Gasteiger charge is -2.20. The molecule has 3 nitrogen and oxygen atoms in total. The van der Waals surface area contributed by atoms with Crippen molar-refractivity contribution in [3.05, 3.63) is 34.9 Å². The van der Waals surface area contributed by atoms with Crippen molar-refractivity contribution in [1.29, 1.82) is 0 Å². The number of nitrogens with one attached hydrogen (secondary N) is 1. The van der Waals surface area contributed by atoms with Crippen molar-refractivity contribution in [1.82, 2.24) is 5.32 Å². The van der Waals surface area contributed by atoms with E-state index in [1.807, 2.05) is 12.1 Å². The Labute approximate surface area is 121 Å². The number of benzene rings is 1. The Morgan fingerprint density at radius 2 is 1.95 bits per heavy atom. The second-order valence-corrected chi connectivity index (χ2v) is 6.17. The van der Waals surface area contributed by atoms with Gasteiger partial charge in [0, 0.05) is 5.56 Å². The first kappa shape index (κ1) is 15.0. The van der Waals surface area contributed by atoms with E-state index in [1.165, 1.54) is 24.0 Å². The first-order chi connectivity index (χ1) is 9.60. The molecule has 20 heavy (non-hydrogen) atoms. The van der Waals surface area contributed by atoms with Crippen LogP contribution in [0.5, 0.6) is 0 Å². The molecule has 0 saturated heterocycles. The predicted molar refractivity (Wildman–Crippen MR) is 80.9 cm³/mol. The summed E-state index contributed by atoms with van der Waals surface area (Å²) in [6, 6.07) is 5.86. The maximum absolute atomic E-state index is 12.3. The molecule has 1 atom stereocenters. The van der Waals surface area contributed by atoms with Crippen LogP contribution < -0.4 is 5.32 Å². The fraction of sp³-hybridized carbons (Fsp3) is 0.588. The van der Waals surface area contributed by atoms with Crippen LogP contribution in [0.15, 0.2) is 18.2 Å². The van der Waals surface area contributed by atoms with E-state index in [9.17, 15) is 9.90 Å². The van der Waals surface area contributed by atoms with Crippen LogP contribution in [0.25, 0.3) is 0 Å². The number of amides is 1. The highest BCUT2D eigenvalue weighted by Crippen LogP contribution is 2.22. The number of hydrogen-bond donors (Lipinski definition) is 2. The number of carbonyl (C=O) groups excluding carboxylic acids is 1. The monoisotopic (exact) mass is 275 g/mol. The highest BCUT2D eigenvalue weighted by atomic mass is 16.3. The molecule has 0 heterocycles. The van der Waals surface area contributed by atoms with E-state index in [2.05, 4.69) is 25.2 Å². The lowest BCUT2D eigenvalue weighted by atomic mass is 9.90. The zero-order chi connectivity index (χ0) is 14.5. The summed E-state index contributed by atoms with van der Waals surface area (Å²) in [4.78, 5) is 12.3. The Morgan fingerprint density at radius 3 is 2.60 bits per heavy atom. The maximum Gasteiger partial charge on any atom is 0.251 e. The van der Waals surface area contributed by atoms with E-state index in [0.29, 0.717) is 11.5 Å². The van der Waals surface area contributed by atoms with Gasteiger partial charge in [-0.2, -0.15) is 0 Å². The summed E-state index contributed by atoms with van der Waals surface area (Å²) in [7, 11) is 0. The van der Waals surface area contributed by atoms with Gasteiger partial charge in [-0.3, -0.25) is 4.79 Å². The van der Waals surface area contributed by atoms with E-state index in [-0.39, 0.29) is 18.6 Å². The molecule has 0 spiro atoms. The number of fused-ring (bicyclic) bond motifs is 1. The van der Waals surface area contributed by atoms with Crippen LogP contribution >= 0.6 is 0 Å². The molecule has 0 radical (unpaired) electrons. The van der Waals surface area contributed by atoms with Crippen molar-refractivity contribution in [2.45, 2.75) is 52.0 Å². The minimum Gasteiger partial charge on any atom is -0.394 e. The van der Waals surface area contributed by atoms with Gasteiger partial charge in [-0.15, -0.1) is 0 Å². The third kappa shape index (κ3) is 3.83. The summed E-state index contributed by atoms with van der Waals surface area (Å²) < 4.78 is 0. The smallest absolute Gasteiger partial charge is 0.251 e. The molecule has 1 aromatic carbocycles. The lowest BCUT2D eigenvalue weighted by molar-refractivity contribution is 0.0908. The van der Waals surface area contributed by atoms with Crippen LogP contribution in [0.2, 0.25) is 0 Å². The van der Waals surface area contributed by atoms with E-state index in [1.54, 1.807) is 0 Å². The third-order valence-electron chi connectivity index (χ3n) is 3.92. The fourth-order valence-electron chi connectivity index (χ4n) is 2.89. The first-order valence-electron chi connectivity index (χ1n) is 7.63. The molecule has 0 aliphatic heterocycles. The Balaban J connectivity index is 2.05. The van der Waals surface area contributed by atoms with Crippen LogP contribution in [0.1, 0.15) is 54.6 Å². The molecule has 3 heteroatoms. The van der Waals surface area contributed by atoms with Gasteiger partial charge in [-0.25, -0.2) is 0 Å². The number of hydrogen-bond acceptors (Lipinski definition) is 2. The first-order valence-corrected chi connectivity index (χ1v) is 7.63. The normalized spacial score (nSPS) is 15.8. The summed E-state index contributed by atoms with van der Waals surface area (Å²) in [5.41, 5.74) is 3.41. The van der Waals surface area contributed by atoms with Crippen LogP contribution in [0.3, 0.4) is 0 Å². The minimum absolute atomic E-state index is 0.00510. The summed E-state index contributed by atoms with van der Waals surface area (Å²) in [5.74, 6) is 0.383. The number of rotatable bonds is 5. The van der Waals surface area contributed by atoms with E-state index in [0.717, 1.165) is 19.3 Å². The predicted octanol–water partition coefficient (Wildman–Crippen LogP) is 2.70. The Kier molecular flexibility index (Phi) is 5.18. The van der Waals surface area contributed by atoms with Crippen LogP contribution in [-0.2, 0) is 12.8 Å². The van der Waals surface area contributed by atoms with Crippen LogP contribution in [-0.4, -0.2) is 23.7 Å². The van der Waals surface area contributed by atoms with Crippen molar-refractivity contribution in [2.75, 3.05) is 6.61 Å². The molecule has 1 aliphatic carbocycles. The molecule has 0 fully saturated rings. The van der Waals surface area contributed by atoms with Gasteiger partial charge in [0.1, 0.15) is 0 Å². The van der Waals surface area contributed by atoms with Gasteiger partial charge in [0.25, 0.3) is 5.91 Å². The van der Waals surface area contributed by atoms with Crippen LogP contribution in [0.4, 0.5) is 0 Å². The lowest BCUT2D eigenvalue weighted by Crippen LogP contribution is -2.38. The molecule has 2 N–H and O–H groups in total. The minimum atomic E-state index is -0.154. The highest BCUT2D eigenvalue weighted by Gasteiger charge is 2.16. The molecule has 0 aromatic heterocycles. The quantitative estimate of drug-likeness (QED) is 0.868. The topological polar surface area (TPSA) is 49.3 Å². The molecule has 110 valence electrons. The van der Waals surface area contributed by atoms with Crippen molar-refractivity contribution < 1.29 is 9.90 Å². The largest absolute Gasteiger partial charge is 0.394 e. The van der Waals surface area contributed by atoms with E-state index < -0.39 is 0 Å². The molecule has 1 unspecified atom stereocenters. The molecule has 0 saturated carbocycles. The number of carbonyl (C=O) groups is 1. The molecular formula is C17H25NO2. The van der Waals surface area contributed by atoms with Crippen LogP contribution in [0, 0.1) is 5.92 Å². The van der Waals surface area contributed by atoms with Gasteiger partial charge in [-0.1, -0.05) is 19.9 Å². The molecule has 0 bridgehead atoms. The van der Waals surface area contributed by atoms with Crippen molar-refractivity contribution in [2.24, 2.45) is 5.92 Å². The summed E-state index contributed by atoms with van der Waals surface area (Å²) in [6.45, 7) is 4.18. The fourth-order valence-corrected chi connectivity index (χ4v) is 2.89. The molecular weight excluding hydrogens is 250 g/mol. The zero-order valence-electron chi connectivity index (χ0n) is 12.5. The Hall–Kier alpha value is -1.35. The summed E-state index contributed by atoms with van der Waals surface area (Å²) >= 11 is 0. The van der Waals surface area contributed by atoms with Gasteiger partial charge in [0.05, 0.1) is 12.6 Å². The zero-order valence-corrected chi connectivity index (χ0v) is 12.5. The van der Waals surface area contributed by atoms with Gasteiger partial charge in [0.2, 0.25) is 0 Å². The van der Waals surface area contributed by atoms with Gasteiger partial charge >= 0.3 is 0 Å². The van der Waals surface area contributed by atoms with Gasteiger partial charge in [0.15, 0.2) is 0 Å². The van der Waals surface area contributed by atoms with Crippen molar-refractivity contribution in [3.63, 3.8) is 0 Å². The standard InChI is InChI=1S/C17H25NO2/c1-12(2)9-16(11-19)18-17(20)15-8-7-13-5-3-4-6-14(13)10-15/h7-8,10,12,16,19H,3-6,9,11H2,1-2H3,(H,18,20). The molecule has 1 amide bonds. The highest BCUT2D eigenvalue weighted by molar-refractivity contribution is 5.94. The summed E-state index contributed by atoms with van der Waals surface area (Å²) in [6.07, 6.45) is 5.47. The Bertz CT molecular complexity index is 468.